The Balaban J connectivity index is 1.57. The van der Waals surface area contributed by atoms with Crippen molar-refractivity contribution < 1.29 is 14.8 Å². The van der Waals surface area contributed by atoms with Crippen LogP contribution in [0.4, 0.5) is 0 Å². The molecule has 1 heterocycles. The number of benzene rings is 2. The first-order valence-corrected chi connectivity index (χ1v) is 9.76. The van der Waals surface area contributed by atoms with Gasteiger partial charge in [-0.2, -0.15) is 0 Å². The van der Waals surface area contributed by atoms with Crippen molar-refractivity contribution in [1.29, 1.82) is 0 Å². The fourth-order valence-corrected chi connectivity index (χ4v) is 4.24. The summed E-state index contributed by atoms with van der Waals surface area (Å²) in [6.07, 6.45) is 2.33. The van der Waals surface area contributed by atoms with E-state index in [1.165, 1.54) is 16.7 Å². The number of rotatable bonds is 3. The SMILES string of the molecule is CC(C)c1ccc(C#Cc2ccc3c(c2)C2(CC2)C[NH+](CC(=O)O)C3)cc1. The normalized spacial score (nSPS) is 19.3. The van der Waals surface area contributed by atoms with E-state index in [0.29, 0.717) is 5.92 Å². The third-order valence-corrected chi connectivity index (χ3v) is 5.89. The standard InChI is InChI=1S/C24H25NO2/c1-17(2)20-8-5-18(6-9-20)3-4-19-7-10-21-14-25(15-23(26)27)16-24(11-12-24)22(21)13-19/h5-10,13,17H,11-12,14-16H2,1-2H3,(H,26,27)/p+1. The second kappa shape index (κ2) is 6.87. The molecule has 0 saturated heterocycles. The smallest absolute Gasteiger partial charge is 0.359 e. The van der Waals surface area contributed by atoms with E-state index in [-0.39, 0.29) is 12.0 Å². The van der Waals surface area contributed by atoms with Gasteiger partial charge in [0.2, 0.25) is 0 Å². The fraction of sp³-hybridized carbons (Fsp3) is 0.375. The number of aliphatic carboxylic acids is 1. The second-order valence-corrected chi connectivity index (χ2v) is 8.35. The lowest BCUT2D eigenvalue weighted by Gasteiger charge is -2.31. The van der Waals surface area contributed by atoms with Crippen LogP contribution in [0.25, 0.3) is 0 Å². The Hall–Kier alpha value is -2.57. The van der Waals surface area contributed by atoms with Crippen LogP contribution in [0, 0.1) is 11.8 Å². The summed E-state index contributed by atoms with van der Waals surface area (Å²) < 4.78 is 0. The van der Waals surface area contributed by atoms with Gasteiger partial charge in [-0.1, -0.05) is 43.9 Å². The number of fused-ring (bicyclic) bond motifs is 2. The van der Waals surface area contributed by atoms with Gasteiger partial charge in [0.25, 0.3) is 0 Å². The molecular weight excluding hydrogens is 334 g/mol. The number of carboxylic acid groups (broad SMARTS) is 1. The third kappa shape index (κ3) is 3.77. The molecule has 2 aromatic rings. The van der Waals surface area contributed by atoms with Gasteiger partial charge in [0.1, 0.15) is 6.54 Å². The van der Waals surface area contributed by atoms with E-state index in [2.05, 4.69) is 68.2 Å². The first-order valence-electron chi connectivity index (χ1n) is 9.76. The maximum atomic E-state index is 11.1. The minimum Gasteiger partial charge on any atom is -0.477 e. The first kappa shape index (κ1) is 17.8. The highest BCUT2D eigenvalue weighted by Crippen LogP contribution is 2.49. The van der Waals surface area contributed by atoms with Gasteiger partial charge in [-0.3, -0.25) is 0 Å². The highest BCUT2D eigenvalue weighted by atomic mass is 16.4. The van der Waals surface area contributed by atoms with Crippen LogP contribution in [0.1, 0.15) is 60.4 Å². The molecule has 1 spiro atoms. The van der Waals surface area contributed by atoms with Crippen molar-refractivity contribution in [3.05, 3.63) is 70.3 Å². The summed E-state index contributed by atoms with van der Waals surface area (Å²) in [5.41, 5.74) is 6.30. The molecule has 0 bridgehead atoms. The Morgan fingerprint density at radius 2 is 1.78 bits per heavy atom. The zero-order chi connectivity index (χ0) is 19.0. The number of nitrogens with one attached hydrogen (secondary N) is 1. The highest BCUT2D eigenvalue weighted by Gasteiger charge is 2.51. The number of carbonyl (C=O) groups is 1. The zero-order valence-corrected chi connectivity index (χ0v) is 16.0. The zero-order valence-electron chi connectivity index (χ0n) is 16.0. The lowest BCUT2D eigenvalue weighted by atomic mass is 9.85. The summed E-state index contributed by atoms with van der Waals surface area (Å²) in [4.78, 5) is 12.3. The summed E-state index contributed by atoms with van der Waals surface area (Å²) in [5, 5.41) is 9.13. The molecular formula is C24H26NO2+. The molecule has 2 aliphatic rings. The van der Waals surface area contributed by atoms with Crippen LogP contribution in [0.15, 0.2) is 42.5 Å². The summed E-state index contributed by atoms with van der Waals surface area (Å²) in [6, 6.07) is 15.0. The molecule has 4 rings (SSSR count). The maximum Gasteiger partial charge on any atom is 0.359 e. The topological polar surface area (TPSA) is 41.7 Å². The van der Waals surface area contributed by atoms with Crippen LogP contribution >= 0.6 is 0 Å². The van der Waals surface area contributed by atoms with Gasteiger partial charge in [-0.05, 0) is 54.2 Å². The van der Waals surface area contributed by atoms with Crippen molar-refractivity contribution in [2.45, 2.75) is 44.6 Å². The van der Waals surface area contributed by atoms with Crippen LogP contribution in [-0.2, 0) is 16.8 Å². The van der Waals surface area contributed by atoms with Crippen molar-refractivity contribution in [3.8, 4) is 11.8 Å². The van der Waals surface area contributed by atoms with E-state index in [0.717, 1.165) is 42.0 Å². The summed E-state index contributed by atoms with van der Waals surface area (Å²) >= 11 is 0. The monoisotopic (exact) mass is 360 g/mol. The molecule has 2 aromatic carbocycles. The van der Waals surface area contributed by atoms with Gasteiger partial charge in [0.05, 0.1) is 6.54 Å². The van der Waals surface area contributed by atoms with Gasteiger partial charge in [0, 0.05) is 22.1 Å². The van der Waals surface area contributed by atoms with Crippen molar-refractivity contribution in [1.82, 2.24) is 0 Å². The minimum absolute atomic E-state index is 0.189. The molecule has 0 amide bonds. The number of carboxylic acids is 1. The summed E-state index contributed by atoms with van der Waals surface area (Å²) in [5.74, 6) is 6.42. The van der Waals surface area contributed by atoms with Gasteiger partial charge < -0.3 is 10.0 Å². The predicted octanol–water partition coefficient (Wildman–Crippen LogP) is 2.72. The Labute approximate surface area is 161 Å². The van der Waals surface area contributed by atoms with E-state index in [9.17, 15) is 4.79 Å². The van der Waals surface area contributed by atoms with Crippen LogP contribution in [0.3, 0.4) is 0 Å². The molecule has 1 atom stereocenters. The Morgan fingerprint density at radius 3 is 2.41 bits per heavy atom. The van der Waals surface area contributed by atoms with Crippen molar-refractivity contribution >= 4 is 5.97 Å². The molecule has 0 radical (unpaired) electrons. The molecule has 2 N–H and O–H groups in total. The molecule has 3 heteroatoms. The molecule has 1 aliphatic heterocycles. The molecule has 1 unspecified atom stereocenters. The maximum absolute atomic E-state index is 11.1. The average Bonchev–Trinajstić information content (AvgIpc) is 3.40. The van der Waals surface area contributed by atoms with Crippen LogP contribution in [0.5, 0.6) is 0 Å². The molecule has 1 saturated carbocycles. The number of hydrogen-bond donors (Lipinski definition) is 2. The van der Waals surface area contributed by atoms with E-state index in [1.807, 2.05) is 0 Å². The molecule has 3 nitrogen and oxygen atoms in total. The molecule has 0 aromatic heterocycles. The van der Waals surface area contributed by atoms with Crippen LogP contribution in [0.2, 0.25) is 0 Å². The van der Waals surface area contributed by atoms with Gasteiger partial charge >= 0.3 is 5.97 Å². The third-order valence-electron chi connectivity index (χ3n) is 5.89. The van der Waals surface area contributed by atoms with E-state index >= 15 is 0 Å². The van der Waals surface area contributed by atoms with E-state index in [4.69, 9.17) is 5.11 Å². The van der Waals surface area contributed by atoms with E-state index < -0.39 is 5.97 Å². The Morgan fingerprint density at radius 1 is 1.11 bits per heavy atom. The predicted molar refractivity (Wildman–Crippen MR) is 106 cm³/mol. The highest BCUT2D eigenvalue weighted by molar-refractivity contribution is 5.67. The first-order chi connectivity index (χ1) is 12.9. The van der Waals surface area contributed by atoms with Gasteiger partial charge in [-0.15, -0.1) is 0 Å². The van der Waals surface area contributed by atoms with Crippen molar-refractivity contribution in [3.63, 3.8) is 0 Å². The molecule has 1 fully saturated rings. The van der Waals surface area contributed by atoms with Crippen LogP contribution in [-0.4, -0.2) is 24.2 Å². The quantitative estimate of drug-likeness (QED) is 0.827. The van der Waals surface area contributed by atoms with Crippen molar-refractivity contribution in [2.75, 3.05) is 13.1 Å². The molecule has 1 aliphatic carbocycles. The van der Waals surface area contributed by atoms with Crippen LogP contribution < -0.4 is 4.90 Å². The van der Waals surface area contributed by atoms with Gasteiger partial charge in [0.15, 0.2) is 6.54 Å². The fourth-order valence-electron chi connectivity index (χ4n) is 4.24. The largest absolute Gasteiger partial charge is 0.477 e. The number of quaternary nitrogens is 1. The summed E-state index contributed by atoms with van der Waals surface area (Å²) in [6.45, 7) is 6.32. The van der Waals surface area contributed by atoms with E-state index in [1.54, 1.807) is 0 Å². The van der Waals surface area contributed by atoms with Crippen molar-refractivity contribution in [2.24, 2.45) is 0 Å². The summed E-state index contributed by atoms with van der Waals surface area (Å²) in [7, 11) is 0. The lowest BCUT2D eigenvalue weighted by molar-refractivity contribution is -0.911. The Kier molecular flexibility index (Phi) is 4.53. The number of hydrogen-bond acceptors (Lipinski definition) is 1. The lowest BCUT2D eigenvalue weighted by Crippen LogP contribution is -3.13. The molecule has 138 valence electrons. The molecule has 27 heavy (non-hydrogen) atoms. The van der Waals surface area contributed by atoms with Gasteiger partial charge in [-0.25, -0.2) is 4.79 Å². The second-order valence-electron chi connectivity index (χ2n) is 8.35. The Bertz CT molecular complexity index is 927. The minimum atomic E-state index is -0.713. The average molecular weight is 360 g/mol.